The molecule has 29 heavy (non-hydrogen) atoms. The van der Waals surface area contributed by atoms with Crippen molar-refractivity contribution in [1.29, 1.82) is 0 Å². The second-order valence-corrected chi connectivity index (χ2v) is 7.48. The first-order valence-corrected chi connectivity index (χ1v) is 9.93. The molecule has 2 fully saturated rings. The third-order valence-corrected chi connectivity index (χ3v) is 5.36. The minimum absolute atomic E-state index is 0.175. The number of ether oxygens (including phenoxy) is 2. The SMILES string of the molecule is Cc1cccc(CNC(=O)c2cccc(C(=O)N3CCC4(CC3)OCCO4)n2)c1. The van der Waals surface area contributed by atoms with Crippen LogP contribution < -0.4 is 5.32 Å². The summed E-state index contributed by atoms with van der Waals surface area (Å²) in [5.74, 6) is -1.00. The maximum absolute atomic E-state index is 12.8. The number of amides is 2. The van der Waals surface area contributed by atoms with Crippen molar-refractivity contribution in [2.75, 3.05) is 26.3 Å². The number of rotatable bonds is 4. The van der Waals surface area contributed by atoms with Gasteiger partial charge in [0.2, 0.25) is 0 Å². The number of aromatic nitrogens is 1. The molecule has 4 rings (SSSR count). The number of nitrogens with one attached hydrogen (secondary N) is 1. The lowest BCUT2D eigenvalue weighted by atomic mass is 10.0. The smallest absolute Gasteiger partial charge is 0.272 e. The molecular formula is C22H25N3O4. The van der Waals surface area contributed by atoms with Gasteiger partial charge in [0.25, 0.3) is 11.8 Å². The maximum atomic E-state index is 12.8. The molecule has 7 heteroatoms. The summed E-state index contributed by atoms with van der Waals surface area (Å²) in [4.78, 5) is 31.4. The van der Waals surface area contributed by atoms with Crippen LogP contribution in [0.4, 0.5) is 0 Å². The fraction of sp³-hybridized carbons (Fsp3) is 0.409. The van der Waals surface area contributed by atoms with Gasteiger partial charge in [-0.25, -0.2) is 4.98 Å². The molecule has 0 aliphatic carbocycles. The zero-order chi connectivity index (χ0) is 20.3. The minimum atomic E-state index is -0.526. The van der Waals surface area contributed by atoms with Crippen molar-refractivity contribution in [3.8, 4) is 0 Å². The predicted octanol–water partition coefficient (Wildman–Crippen LogP) is 2.30. The van der Waals surface area contributed by atoms with E-state index in [2.05, 4.69) is 10.3 Å². The number of carbonyl (C=O) groups excluding carboxylic acids is 2. The third-order valence-electron chi connectivity index (χ3n) is 5.36. The number of benzene rings is 1. The number of piperidine rings is 1. The lowest BCUT2D eigenvalue weighted by molar-refractivity contribution is -0.181. The highest BCUT2D eigenvalue weighted by molar-refractivity contribution is 5.96. The summed E-state index contributed by atoms with van der Waals surface area (Å²) in [5, 5.41) is 2.86. The molecule has 2 aliphatic rings. The molecule has 0 saturated carbocycles. The Kier molecular flexibility index (Phi) is 5.60. The average molecular weight is 395 g/mol. The van der Waals surface area contributed by atoms with Crippen LogP contribution in [0.3, 0.4) is 0 Å². The van der Waals surface area contributed by atoms with Gasteiger partial charge in [-0.1, -0.05) is 35.9 Å². The monoisotopic (exact) mass is 395 g/mol. The topological polar surface area (TPSA) is 80.8 Å². The standard InChI is InChI=1S/C22H25N3O4/c1-16-4-2-5-17(14-16)15-23-20(26)18-6-3-7-19(24-18)21(27)25-10-8-22(9-11-25)28-12-13-29-22/h2-7,14H,8-13,15H2,1H3,(H,23,26). The summed E-state index contributed by atoms with van der Waals surface area (Å²) in [6.45, 7) is 4.73. The van der Waals surface area contributed by atoms with Gasteiger partial charge < -0.3 is 19.7 Å². The Labute approximate surface area is 170 Å². The number of hydrogen-bond donors (Lipinski definition) is 1. The Hall–Kier alpha value is -2.77. The maximum Gasteiger partial charge on any atom is 0.272 e. The average Bonchev–Trinajstić information content (AvgIpc) is 3.20. The van der Waals surface area contributed by atoms with E-state index in [-0.39, 0.29) is 23.2 Å². The van der Waals surface area contributed by atoms with Crippen LogP contribution in [-0.4, -0.2) is 53.8 Å². The van der Waals surface area contributed by atoms with Crippen LogP contribution in [0.1, 0.15) is 44.9 Å². The van der Waals surface area contributed by atoms with Gasteiger partial charge in [-0.3, -0.25) is 9.59 Å². The van der Waals surface area contributed by atoms with Crippen LogP contribution in [0.25, 0.3) is 0 Å². The molecule has 0 radical (unpaired) electrons. The van der Waals surface area contributed by atoms with Crippen LogP contribution >= 0.6 is 0 Å². The molecule has 2 aromatic rings. The number of aryl methyl sites for hydroxylation is 1. The predicted molar refractivity (Wildman–Crippen MR) is 106 cm³/mol. The molecule has 0 unspecified atom stereocenters. The second-order valence-electron chi connectivity index (χ2n) is 7.48. The number of hydrogen-bond acceptors (Lipinski definition) is 5. The van der Waals surface area contributed by atoms with E-state index < -0.39 is 5.79 Å². The van der Waals surface area contributed by atoms with Gasteiger partial charge in [-0.15, -0.1) is 0 Å². The molecular weight excluding hydrogens is 370 g/mol. The van der Waals surface area contributed by atoms with Crippen molar-refractivity contribution < 1.29 is 19.1 Å². The van der Waals surface area contributed by atoms with Crippen molar-refractivity contribution in [2.24, 2.45) is 0 Å². The molecule has 3 heterocycles. The number of carbonyl (C=O) groups is 2. The molecule has 1 aromatic carbocycles. The van der Waals surface area contributed by atoms with E-state index in [1.807, 2.05) is 31.2 Å². The highest BCUT2D eigenvalue weighted by Gasteiger charge is 2.41. The molecule has 1 spiro atoms. The quantitative estimate of drug-likeness (QED) is 0.859. The van der Waals surface area contributed by atoms with Gasteiger partial charge in [0.1, 0.15) is 11.4 Å². The van der Waals surface area contributed by atoms with E-state index in [1.54, 1.807) is 23.1 Å². The van der Waals surface area contributed by atoms with Crippen LogP contribution in [0.5, 0.6) is 0 Å². The molecule has 1 N–H and O–H groups in total. The van der Waals surface area contributed by atoms with Crippen LogP contribution in [0, 0.1) is 6.92 Å². The fourth-order valence-electron chi connectivity index (χ4n) is 3.77. The fourth-order valence-corrected chi connectivity index (χ4v) is 3.77. The molecule has 0 atom stereocenters. The second kappa shape index (κ2) is 8.31. The van der Waals surface area contributed by atoms with E-state index in [0.29, 0.717) is 45.7 Å². The van der Waals surface area contributed by atoms with Gasteiger partial charge in [0.15, 0.2) is 5.79 Å². The Morgan fingerprint density at radius 1 is 1.07 bits per heavy atom. The van der Waals surface area contributed by atoms with E-state index in [4.69, 9.17) is 9.47 Å². The Bertz CT molecular complexity index is 898. The molecule has 7 nitrogen and oxygen atoms in total. The Morgan fingerprint density at radius 3 is 2.48 bits per heavy atom. The molecule has 2 saturated heterocycles. The van der Waals surface area contributed by atoms with Gasteiger partial charge >= 0.3 is 0 Å². The number of nitrogens with zero attached hydrogens (tertiary/aromatic N) is 2. The summed E-state index contributed by atoms with van der Waals surface area (Å²) in [6, 6.07) is 12.9. The third kappa shape index (κ3) is 4.46. The van der Waals surface area contributed by atoms with Gasteiger partial charge in [-0.2, -0.15) is 0 Å². The Balaban J connectivity index is 1.37. The molecule has 2 aliphatic heterocycles. The highest BCUT2D eigenvalue weighted by Crippen LogP contribution is 2.31. The number of likely N-dealkylation sites (tertiary alicyclic amines) is 1. The molecule has 1 aromatic heterocycles. The van der Waals surface area contributed by atoms with Crippen LogP contribution in [0.15, 0.2) is 42.5 Å². The van der Waals surface area contributed by atoms with Crippen LogP contribution in [0.2, 0.25) is 0 Å². The van der Waals surface area contributed by atoms with Crippen molar-refractivity contribution in [3.63, 3.8) is 0 Å². The van der Waals surface area contributed by atoms with E-state index in [1.165, 1.54) is 0 Å². The largest absolute Gasteiger partial charge is 0.347 e. The van der Waals surface area contributed by atoms with Gasteiger partial charge in [0, 0.05) is 32.5 Å². The zero-order valence-electron chi connectivity index (χ0n) is 16.5. The first-order valence-electron chi connectivity index (χ1n) is 9.93. The molecule has 0 bridgehead atoms. The van der Waals surface area contributed by atoms with Crippen molar-refractivity contribution in [1.82, 2.24) is 15.2 Å². The lowest BCUT2D eigenvalue weighted by Gasteiger charge is -2.37. The van der Waals surface area contributed by atoms with Gasteiger partial charge in [0.05, 0.1) is 13.2 Å². The highest BCUT2D eigenvalue weighted by atomic mass is 16.7. The van der Waals surface area contributed by atoms with Crippen molar-refractivity contribution in [3.05, 3.63) is 65.0 Å². The summed E-state index contributed by atoms with van der Waals surface area (Å²) in [6.07, 6.45) is 1.30. The summed E-state index contributed by atoms with van der Waals surface area (Å²) in [7, 11) is 0. The summed E-state index contributed by atoms with van der Waals surface area (Å²) < 4.78 is 11.4. The first kappa shape index (κ1) is 19.5. The van der Waals surface area contributed by atoms with Crippen molar-refractivity contribution in [2.45, 2.75) is 32.1 Å². The normalized spacial score (nSPS) is 18.0. The van der Waals surface area contributed by atoms with Crippen molar-refractivity contribution >= 4 is 11.8 Å². The minimum Gasteiger partial charge on any atom is -0.347 e. The summed E-state index contributed by atoms with van der Waals surface area (Å²) in [5.41, 5.74) is 2.67. The van der Waals surface area contributed by atoms with E-state index >= 15 is 0 Å². The summed E-state index contributed by atoms with van der Waals surface area (Å²) >= 11 is 0. The molecule has 152 valence electrons. The van der Waals surface area contributed by atoms with Gasteiger partial charge in [-0.05, 0) is 24.6 Å². The lowest BCUT2D eigenvalue weighted by Crippen LogP contribution is -2.47. The first-order chi connectivity index (χ1) is 14.0. The zero-order valence-corrected chi connectivity index (χ0v) is 16.5. The number of pyridine rings is 1. The Morgan fingerprint density at radius 2 is 1.76 bits per heavy atom. The van der Waals surface area contributed by atoms with Crippen LogP contribution in [-0.2, 0) is 16.0 Å². The van der Waals surface area contributed by atoms with E-state index in [9.17, 15) is 9.59 Å². The van der Waals surface area contributed by atoms with E-state index in [0.717, 1.165) is 11.1 Å². The molecule has 2 amide bonds.